The Kier molecular flexibility index (Phi) is 4.84. The van der Waals surface area contributed by atoms with Gasteiger partial charge in [0, 0.05) is 18.2 Å². The lowest BCUT2D eigenvalue weighted by Crippen LogP contribution is -2.15. The molecule has 1 N–H and O–H groups in total. The van der Waals surface area contributed by atoms with Gasteiger partial charge in [-0.05, 0) is 24.3 Å². The number of halogens is 6. The van der Waals surface area contributed by atoms with E-state index in [9.17, 15) is 31.1 Å². The number of alkyl halides is 3. The first-order valence-corrected chi connectivity index (χ1v) is 7.59. The van der Waals surface area contributed by atoms with Crippen LogP contribution in [0.3, 0.4) is 0 Å². The van der Waals surface area contributed by atoms with Crippen molar-refractivity contribution in [3.8, 4) is 11.3 Å². The van der Waals surface area contributed by atoms with Gasteiger partial charge in [-0.15, -0.1) is 0 Å². The van der Waals surface area contributed by atoms with Crippen molar-refractivity contribution in [1.29, 1.82) is 0 Å². The summed E-state index contributed by atoms with van der Waals surface area (Å²) in [5, 5.41) is 5.24. The Balaban J connectivity index is 1.91. The topological polar surface area (TPSA) is 59.8 Å². The molecule has 0 unspecified atom stereocenters. The predicted octanol–water partition coefficient (Wildman–Crippen LogP) is 4.17. The summed E-state index contributed by atoms with van der Waals surface area (Å²) in [6, 6.07) is 3.58. The number of aromatic nitrogens is 3. The van der Waals surface area contributed by atoms with Gasteiger partial charge in [0.05, 0.1) is 18.1 Å². The van der Waals surface area contributed by atoms with Gasteiger partial charge in [0.1, 0.15) is 11.5 Å². The van der Waals surface area contributed by atoms with Crippen LogP contribution in [0.1, 0.15) is 16.1 Å². The van der Waals surface area contributed by atoms with Crippen molar-refractivity contribution in [3.63, 3.8) is 0 Å². The van der Waals surface area contributed by atoms with Crippen LogP contribution in [0.2, 0.25) is 0 Å². The number of nitrogens with zero attached hydrogens (tertiary/aromatic N) is 3. The minimum Gasteiger partial charge on any atom is -0.317 e. The quantitative estimate of drug-likeness (QED) is 0.672. The number of rotatable bonds is 3. The number of hydrogen-bond donors (Lipinski definition) is 1. The van der Waals surface area contributed by atoms with Crippen LogP contribution >= 0.6 is 0 Å². The summed E-state index contributed by atoms with van der Waals surface area (Å²) in [5.41, 5.74) is -2.65. The maximum Gasteiger partial charge on any atom is 0.435 e. The van der Waals surface area contributed by atoms with E-state index in [1.165, 1.54) is 7.05 Å². The van der Waals surface area contributed by atoms with Crippen molar-refractivity contribution in [2.24, 2.45) is 7.05 Å². The zero-order chi connectivity index (χ0) is 20.6. The molecule has 2 aromatic heterocycles. The normalized spacial score (nSPS) is 11.5. The van der Waals surface area contributed by atoms with Gasteiger partial charge in [-0.25, -0.2) is 13.2 Å². The van der Waals surface area contributed by atoms with Gasteiger partial charge in [-0.2, -0.15) is 18.3 Å². The molecule has 0 aliphatic carbocycles. The second kappa shape index (κ2) is 6.98. The van der Waals surface area contributed by atoms with Crippen molar-refractivity contribution in [3.05, 3.63) is 65.4 Å². The van der Waals surface area contributed by atoms with Crippen LogP contribution in [0.25, 0.3) is 11.3 Å². The highest BCUT2D eigenvalue weighted by molar-refractivity contribution is 6.04. The molecule has 2 heterocycles. The van der Waals surface area contributed by atoms with Gasteiger partial charge in [0.2, 0.25) is 0 Å². The lowest BCUT2D eigenvalue weighted by atomic mass is 10.1. The molecule has 5 nitrogen and oxygen atoms in total. The second-order valence-electron chi connectivity index (χ2n) is 5.66. The van der Waals surface area contributed by atoms with E-state index in [4.69, 9.17) is 0 Å². The van der Waals surface area contributed by atoms with Gasteiger partial charge in [0.15, 0.2) is 17.3 Å². The van der Waals surface area contributed by atoms with Crippen LogP contribution in [-0.2, 0) is 13.2 Å². The molecule has 0 radical (unpaired) electrons. The van der Waals surface area contributed by atoms with E-state index < -0.39 is 40.9 Å². The molecule has 3 rings (SSSR count). The van der Waals surface area contributed by atoms with Crippen molar-refractivity contribution in [1.82, 2.24) is 14.8 Å². The molecule has 11 heteroatoms. The van der Waals surface area contributed by atoms with Crippen LogP contribution in [0, 0.1) is 17.5 Å². The van der Waals surface area contributed by atoms with Gasteiger partial charge in [0.25, 0.3) is 5.91 Å². The molecule has 1 amide bonds. The minimum atomic E-state index is -4.70. The molecule has 0 fully saturated rings. The highest BCUT2D eigenvalue weighted by Crippen LogP contribution is 2.32. The molecule has 1 aromatic carbocycles. The molecular weight excluding hydrogens is 390 g/mol. The third-order valence-electron chi connectivity index (χ3n) is 3.77. The Bertz CT molecular complexity index is 1040. The molecule has 0 spiro atoms. The zero-order valence-electron chi connectivity index (χ0n) is 14.0. The van der Waals surface area contributed by atoms with E-state index >= 15 is 0 Å². The Labute approximate surface area is 153 Å². The maximum atomic E-state index is 14.4. The van der Waals surface area contributed by atoms with E-state index in [0.717, 1.165) is 22.9 Å². The van der Waals surface area contributed by atoms with Gasteiger partial charge >= 0.3 is 6.18 Å². The van der Waals surface area contributed by atoms with Gasteiger partial charge in [-0.1, -0.05) is 0 Å². The van der Waals surface area contributed by atoms with E-state index in [-0.39, 0.29) is 16.8 Å². The number of anilines is 1. The van der Waals surface area contributed by atoms with E-state index in [1.54, 1.807) is 0 Å². The molecule has 0 bridgehead atoms. The SMILES string of the molecule is Cn1nc(C(F)(F)F)cc1-c1ccc(C(=O)Nc2c(F)cncc2F)cc1F. The third-order valence-corrected chi connectivity index (χ3v) is 3.77. The largest absolute Gasteiger partial charge is 0.435 e. The summed E-state index contributed by atoms with van der Waals surface area (Å²) in [5.74, 6) is -4.28. The Hall–Kier alpha value is -3.37. The monoisotopic (exact) mass is 400 g/mol. The molecule has 0 saturated carbocycles. The summed E-state index contributed by atoms with van der Waals surface area (Å²) in [6.45, 7) is 0. The molecule has 146 valence electrons. The third kappa shape index (κ3) is 3.68. The Morgan fingerprint density at radius 3 is 2.21 bits per heavy atom. The summed E-state index contributed by atoms with van der Waals surface area (Å²) < 4.78 is 80.6. The number of amides is 1. The molecule has 28 heavy (non-hydrogen) atoms. The first-order valence-electron chi connectivity index (χ1n) is 7.59. The summed E-state index contributed by atoms with van der Waals surface area (Å²) in [6.07, 6.45) is -3.34. The average Bonchev–Trinajstić information content (AvgIpc) is 3.00. The number of aryl methyl sites for hydroxylation is 1. The standard InChI is InChI=1S/C17H10F6N4O/c1-27-13(5-14(26-27)17(21,22)23)9-3-2-8(4-10(9)18)16(28)25-15-11(19)6-24-7-12(15)20/h2-7H,1H3,(H,24,25,28). The van der Waals surface area contributed by atoms with Crippen LogP contribution < -0.4 is 5.32 Å². The summed E-state index contributed by atoms with van der Waals surface area (Å²) in [7, 11) is 1.21. The number of nitrogens with one attached hydrogen (secondary N) is 1. The smallest absolute Gasteiger partial charge is 0.317 e. The lowest BCUT2D eigenvalue weighted by molar-refractivity contribution is -0.141. The van der Waals surface area contributed by atoms with Gasteiger partial charge in [-0.3, -0.25) is 14.5 Å². The maximum absolute atomic E-state index is 14.4. The highest BCUT2D eigenvalue weighted by atomic mass is 19.4. The van der Waals surface area contributed by atoms with E-state index in [2.05, 4.69) is 10.1 Å². The van der Waals surface area contributed by atoms with E-state index in [1.807, 2.05) is 5.32 Å². The number of pyridine rings is 1. The van der Waals surface area contributed by atoms with Crippen molar-refractivity contribution < 1.29 is 31.1 Å². The summed E-state index contributed by atoms with van der Waals surface area (Å²) >= 11 is 0. The Morgan fingerprint density at radius 1 is 1.04 bits per heavy atom. The summed E-state index contributed by atoms with van der Waals surface area (Å²) in [4.78, 5) is 15.4. The fourth-order valence-electron chi connectivity index (χ4n) is 2.44. The number of hydrogen-bond acceptors (Lipinski definition) is 3. The van der Waals surface area contributed by atoms with Crippen LogP contribution in [0.5, 0.6) is 0 Å². The molecule has 0 aliphatic rings. The second-order valence-corrected chi connectivity index (χ2v) is 5.66. The molecular formula is C17H10F6N4O. The first-order chi connectivity index (χ1) is 13.1. The number of benzene rings is 1. The molecule has 0 atom stereocenters. The number of carbonyl (C=O) groups is 1. The van der Waals surface area contributed by atoms with E-state index in [0.29, 0.717) is 18.5 Å². The van der Waals surface area contributed by atoms with Crippen molar-refractivity contribution in [2.75, 3.05) is 5.32 Å². The van der Waals surface area contributed by atoms with Crippen LogP contribution in [0.15, 0.2) is 36.7 Å². The average molecular weight is 400 g/mol. The zero-order valence-corrected chi connectivity index (χ0v) is 14.0. The van der Waals surface area contributed by atoms with Crippen LogP contribution in [-0.4, -0.2) is 20.7 Å². The van der Waals surface area contributed by atoms with Crippen LogP contribution in [0.4, 0.5) is 32.0 Å². The van der Waals surface area contributed by atoms with Crippen molar-refractivity contribution in [2.45, 2.75) is 6.18 Å². The molecule has 0 aliphatic heterocycles. The molecule has 3 aromatic rings. The fourth-order valence-corrected chi connectivity index (χ4v) is 2.44. The first kappa shape index (κ1) is 19.4. The Morgan fingerprint density at radius 2 is 1.68 bits per heavy atom. The predicted molar refractivity (Wildman–Crippen MR) is 85.7 cm³/mol. The van der Waals surface area contributed by atoms with Crippen molar-refractivity contribution >= 4 is 11.6 Å². The highest BCUT2D eigenvalue weighted by Gasteiger charge is 2.35. The molecule has 0 saturated heterocycles. The van der Waals surface area contributed by atoms with Gasteiger partial charge < -0.3 is 5.32 Å². The lowest BCUT2D eigenvalue weighted by Gasteiger charge is -2.09. The minimum absolute atomic E-state index is 0.164. The fraction of sp³-hybridized carbons (Fsp3) is 0.118. The number of carbonyl (C=O) groups excluding carboxylic acids is 1.